The average molecular weight is 308 g/mol. The van der Waals surface area contributed by atoms with Crippen molar-refractivity contribution in [2.24, 2.45) is 5.92 Å². The lowest BCUT2D eigenvalue weighted by atomic mass is 9.84. The summed E-state index contributed by atoms with van der Waals surface area (Å²) < 4.78 is 0. The second-order valence-electron chi connectivity index (χ2n) is 5.83. The monoisotopic (exact) mass is 308 g/mol. The quantitative estimate of drug-likeness (QED) is 0.577. The predicted octanol–water partition coefficient (Wildman–Crippen LogP) is 4.40. The molecule has 2 atom stereocenters. The van der Waals surface area contributed by atoms with Crippen molar-refractivity contribution in [3.8, 4) is 0 Å². The summed E-state index contributed by atoms with van der Waals surface area (Å²) in [7, 11) is 0. The lowest BCUT2D eigenvalue weighted by Crippen LogP contribution is -2.27. The lowest BCUT2D eigenvalue weighted by Gasteiger charge is -2.29. The summed E-state index contributed by atoms with van der Waals surface area (Å²) in [5.41, 5.74) is 0. The fraction of sp³-hybridized carbons (Fsp3) is 0.750. The standard InChI is InChI=1S/C16H28N4S/c1-4-9-17-14-11-15(20-16(19-14)21-3)18-13-8-6-7-12(5-2)10-13/h11-13H,4-10H2,1-3H3,(H2,17,18,19,20). The van der Waals surface area contributed by atoms with Crippen LogP contribution in [0.25, 0.3) is 0 Å². The molecule has 2 unspecified atom stereocenters. The molecule has 1 aromatic heterocycles. The van der Waals surface area contributed by atoms with Crippen LogP contribution in [0.2, 0.25) is 0 Å². The summed E-state index contributed by atoms with van der Waals surface area (Å²) >= 11 is 1.60. The number of thioether (sulfide) groups is 1. The molecule has 5 heteroatoms. The Morgan fingerprint density at radius 2 is 2.05 bits per heavy atom. The van der Waals surface area contributed by atoms with E-state index >= 15 is 0 Å². The molecule has 0 spiro atoms. The van der Waals surface area contributed by atoms with E-state index < -0.39 is 0 Å². The summed E-state index contributed by atoms with van der Waals surface area (Å²) in [5, 5.41) is 7.83. The van der Waals surface area contributed by atoms with E-state index in [1.165, 1.54) is 32.1 Å². The van der Waals surface area contributed by atoms with E-state index in [1.807, 2.05) is 12.3 Å². The van der Waals surface area contributed by atoms with Gasteiger partial charge >= 0.3 is 0 Å². The molecular formula is C16H28N4S. The molecule has 118 valence electrons. The Hall–Kier alpha value is -0.970. The molecule has 1 aromatic rings. The minimum Gasteiger partial charge on any atom is -0.370 e. The SMILES string of the molecule is CCCNc1cc(NC2CCCC(CC)C2)nc(SC)n1. The number of nitrogens with zero attached hydrogens (tertiary/aromatic N) is 2. The van der Waals surface area contributed by atoms with Crippen LogP contribution in [0.5, 0.6) is 0 Å². The number of nitrogens with one attached hydrogen (secondary N) is 2. The highest BCUT2D eigenvalue weighted by molar-refractivity contribution is 7.98. The molecule has 4 nitrogen and oxygen atoms in total. The Balaban J connectivity index is 2.03. The Morgan fingerprint density at radius 3 is 2.76 bits per heavy atom. The first kappa shape index (κ1) is 16.4. The van der Waals surface area contributed by atoms with Crippen molar-refractivity contribution in [3.63, 3.8) is 0 Å². The maximum absolute atomic E-state index is 4.61. The van der Waals surface area contributed by atoms with Crippen LogP contribution in [0.3, 0.4) is 0 Å². The Kier molecular flexibility index (Phi) is 6.61. The highest BCUT2D eigenvalue weighted by atomic mass is 32.2. The van der Waals surface area contributed by atoms with Crippen molar-refractivity contribution in [2.75, 3.05) is 23.4 Å². The third-order valence-electron chi connectivity index (χ3n) is 4.16. The van der Waals surface area contributed by atoms with Gasteiger partial charge in [-0.3, -0.25) is 0 Å². The van der Waals surface area contributed by atoms with E-state index in [2.05, 4.69) is 34.4 Å². The second kappa shape index (κ2) is 8.47. The molecule has 21 heavy (non-hydrogen) atoms. The number of hydrogen-bond acceptors (Lipinski definition) is 5. The number of anilines is 2. The summed E-state index contributed by atoms with van der Waals surface area (Å²) in [6.07, 6.45) is 9.66. The summed E-state index contributed by atoms with van der Waals surface area (Å²) in [5.74, 6) is 2.77. The van der Waals surface area contributed by atoms with Gasteiger partial charge in [-0.2, -0.15) is 0 Å². The normalized spacial score (nSPS) is 22.0. The largest absolute Gasteiger partial charge is 0.370 e. The van der Waals surface area contributed by atoms with Crippen LogP contribution in [0, 0.1) is 5.92 Å². The van der Waals surface area contributed by atoms with Gasteiger partial charge < -0.3 is 10.6 Å². The molecule has 1 aliphatic rings. The van der Waals surface area contributed by atoms with Gasteiger partial charge in [0, 0.05) is 18.7 Å². The maximum Gasteiger partial charge on any atom is 0.191 e. The van der Waals surface area contributed by atoms with Gasteiger partial charge in [-0.05, 0) is 31.4 Å². The molecule has 2 rings (SSSR count). The number of rotatable bonds is 7. The third kappa shape index (κ3) is 5.06. The van der Waals surface area contributed by atoms with E-state index in [-0.39, 0.29) is 0 Å². The zero-order valence-corrected chi connectivity index (χ0v) is 14.3. The summed E-state index contributed by atoms with van der Waals surface area (Å²) in [4.78, 5) is 9.12. The van der Waals surface area contributed by atoms with Crippen LogP contribution in [-0.4, -0.2) is 28.8 Å². The third-order valence-corrected chi connectivity index (χ3v) is 4.70. The van der Waals surface area contributed by atoms with Gasteiger partial charge in [0.05, 0.1) is 0 Å². The maximum atomic E-state index is 4.61. The van der Waals surface area contributed by atoms with Gasteiger partial charge in [0.2, 0.25) is 0 Å². The van der Waals surface area contributed by atoms with Gasteiger partial charge in [0.15, 0.2) is 5.16 Å². The molecule has 0 radical (unpaired) electrons. The topological polar surface area (TPSA) is 49.8 Å². The van der Waals surface area contributed by atoms with Gasteiger partial charge in [0.25, 0.3) is 0 Å². The van der Waals surface area contributed by atoms with E-state index in [0.717, 1.165) is 35.7 Å². The van der Waals surface area contributed by atoms with Crippen molar-refractivity contribution in [3.05, 3.63) is 6.07 Å². The molecule has 1 fully saturated rings. The van der Waals surface area contributed by atoms with Crippen LogP contribution in [0.1, 0.15) is 52.4 Å². The Morgan fingerprint density at radius 1 is 1.24 bits per heavy atom. The van der Waals surface area contributed by atoms with E-state index in [1.54, 1.807) is 11.8 Å². The van der Waals surface area contributed by atoms with Crippen LogP contribution >= 0.6 is 11.8 Å². The summed E-state index contributed by atoms with van der Waals surface area (Å²) in [6, 6.07) is 2.61. The fourth-order valence-electron chi connectivity index (χ4n) is 2.94. The van der Waals surface area contributed by atoms with Crippen molar-refractivity contribution in [2.45, 2.75) is 63.6 Å². The number of aromatic nitrogens is 2. The van der Waals surface area contributed by atoms with Crippen molar-refractivity contribution < 1.29 is 0 Å². The molecule has 0 amide bonds. The van der Waals surface area contributed by atoms with Gasteiger partial charge in [-0.25, -0.2) is 9.97 Å². The molecular weight excluding hydrogens is 280 g/mol. The molecule has 0 bridgehead atoms. The van der Waals surface area contributed by atoms with Gasteiger partial charge in [-0.15, -0.1) is 0 Å². The lowest BCUT2D eigenvalue weighted by molar-refractivity contribution is 0.327. The van der Waals surface area contributed by atoms with Crippen LogP contribution < -0.4 is 10.6 Å². The molecule has 1 aliphatic carbocycles. The molecule has 2 N–H and O–H groups in total. The fourth-order valence-corrected chi connectivity index (χ4v) is 3.32. The minimum absolute atomic E-state index is 0.562. The van der Waals surface area contributed by atoms with Crippen LogP contribution in [0.4, 0.5) is 11.6 Å². The van der Waals surface area contributed by atoms with Gasteiger partial charge in [-0.1, -0.05) is 44.9 Å². The van der Waals surface area contributed by atoms with Crippen molar-refractivity contribution in [1.82, 2.24) is 9.97 Å². The van der Waals surface area contributed by atoms with E-state index in [4.69, 9.17) is 0 Å². The van der Waals surface area contributed by atoms with E-state index in [9.17, 15) is 0 Å². The molecule has 1 saturated carbocycles. The average Bonchev–Trinajstić information content (AvgIpc) is 2.52. The van der Waals surface area contributed by atoms with Crippen LogP contribution in [-0.2, 0) is 0 Å². The zero-order chi connectivity index (χ0) is 15.1. The van der Waals surface area contributed by atoms with Crippen molar-refractivity contribution in [1.29, 1.82) is 0 Å². The smallest absolute Gasteiger partial charge is 0.191 e. The zero-order valence-electron chi connectivity index (χ0n) is 13.5. The van der Waals surface area contributed by atoms with Gasteiger partial charge in [0.1, 0.15) is 11.6 Å². The second-order valence-corrected chi connectivity index (χ2v) is 6.61. The first-order valence-corrected chi connectivity index (χ1v) is 9.41. The Bertz CT molecular complexity index is 438. The summed E-state index contributed by atoms with van der Waals surface area (Å²) in [6.45, 7) is 5.41. The van der Waals surface area contributed by atoms with Crippen molar-refractivity contribution >= 4 is 23.4 Å². The first-order valence-electron chi connectivity index (χ1n) is 8.18. The predicted molar refractivity (Wildman–Crippen MR) is 92.3 cm³/mol. The number of hydrogen-bond donors (Lipinski definition) is 2. The highest BCUT2D eigenvalue weighted by Gasteiger charge is 2.21. The minimum atomic E-state index is 0.562. The molecule has 1 heterocycles. The highest BCUT2D eigenvalue weighted by Crippen LogP contribution is 2.29. The molecule has 0 aliphatic heterocycles. The molecule has 0 aromatic carbocycles. The first-order chi connectivity index (χ1) is 10.2. The van der Waals surface area contributed by atoms with E-state index in [0.29, 0.717) is 6.04 Å². The Labute approximate surface area is 132 Å². The molecule has 0 saturated heterocycles. The van der Waals surface area contributed by atoms with Crippen LogP contribution in [0.15, 0.2) is 11.2 Å².